The molecule has 0 spiro atoms. The van der Waals surface area contributed by atoms with E-state index in [1.165, 1.54) is 33.0 Å². The van der Waals surface area contributed by atoms with Crippen LogP contribution in [0.3, 0.4) is 0 Å². The van der Waals surface area contributed by atoms with Gasteiger partial charge in [-0.3, -0.25) is 0 Å². The van der Waals surface area contributed by atoms with E-state index in [1.54, 1.807) is 24.3 Å². The van der Waals surface area contributed by atoms with Crippen molar-refractivity contribution in [3.05, 3.63) is 107 Å². The Hall–Kier alpha value is -3.78. The van der Waals surface area contributed by atoms with Gasteiger partial charge in [-0.2, -0.15) is 0 Å². The largest absolute Gasteiger partial charge is 0.207 e. The lowest BCUT2D eigenvalue weighted by Crippen LogP contribution is -1.92. The fourth-order valence-corrected chi connectivity index (χ4v) is 5.93. The van der Waals surface area contributed by atoms with Crippen molar-refractivity contribution in [3.63, 3.8) is 0 Å². The van der Waals surface area contributed by atoms with Crippen molar-refractivity contribution in [3.8, 4) is 44.5 Å². The molecule has 0 bridgehead atoms. The second kappa shape index (κ2) is 7.36. The van der Waals surface area contributed by atoms with Gasteiger partial charge in [0.1, 0.15) is 11.6 Å². The Morgan fingerprint density at radius 3 is 1.65 bits per heavy atom. The van der Waals surface area contributed by atoms with Crippen LogP contribution in [0.2, 0.25) is 0 Å². The number of benzene rings is 5. The third-order valence-electron chi connectivity index (χ3n) is 7.19. The van der Waals surface area contributed by atoms with Crippen LogP contribution in [-0.4, -0.2) is 0 Å². The zero-order chi connectivity index (χ0) is 23.7. The van der Waals surface area contributed by atoms with Crippen LogP contribution >= 0.6 is 0 Å². The van der Waals surface area contributed by atoms with E-state index < -0.39 is 0 Å². The molecule has 6 rings (SSSR count). The summed E-state index contributed by atoms with van der Waals surface area (Å²) in [5, 5.41) is 2.42. The lowest BCUT2D eigenvalue weighted by molar-refractivity contribution is 0.625. The van der Waals surface area contributed by atoms with Gasteiger partial charge in [-0.1, -0.05) is 42.5 Å². The highest BCUT2D eigenvalue weighted by Crippen LogP contribution is 2.51. The van der Waals surface area contributed by atoms with Crippen LogP contribution in [0, 0.1) is 39.3 Å². The van der Waals surface area contributed by atoms with Crippen molar-refractivity contribution < 1.29 is 8.78 Å². The molecule has 2 heteroatoms. The fourth-order valence-electron chi connectivity index (χ4n) is 5.93. The summed E-state index contributed by atoms with van der Waals surface area (Å²) in [7, 11) is 0. The summed E-state index contributed by atoms with van der Waals surface area (Å²) in [6.07, 6.45) is 0. The van der Waals surface area contributed by atoms with E-state index in [0.29, 0.717) is 0 Å². The van der Waals surface area contributed by atoms with E-state index in [1.807, 2.05) is 27.7 Å². The standard InChI is InChI=1S/C32H24F2/c1-17-12-22(33)13-18(2)30(17)21-8-9-24-27-10-11-28(31-19(3)14-23(34)15-20(31)4)25-6-5-7-26(32(25)27)29(24)16-21/h5-16H,1-4H3. The van der Waals surface area contributed by atoms with Crippen LogP contribution in [0.4, 0.5) is 8.78 Å². The third kappa shape index (κ3) is 2.95. The summed E-state index contributed by atoms with van der Waals surface area (Å²) in [6.45, 7) is 7.88. The van der Waals surface area contributed by atoms with Crippen molar-refractivity contribution >= 4 is 10.8 Å². The minimum absolute atomic E-state index is 0.198. The van der Waals surface area contributed by atoms with E-state index in [2.05, 4.69) is 48.5 Å². The number of halogens is 2. The average Bonchev–Trinajstić information content (AvgIpc) is 3.09. The first kappa shape index (κ1) is 20.8. The summed E-state index contributed by atoms with van der Waals surface area (Å²) in [6, 6.07) is 23.8. The molecule has 5 aromatic rings. The molecule has 0 saturated carbocycles. The fraction of sp³-hybridized carbons (Fsp3) is 0.125. The van der Waals surface area contributed by atoms with Crippen LogP contribution in [-0.2, 0) is 0 Å². The molecule has 1 aliphatic rings. The molecule has 0 unspecified atom stereocenters. The predicted octanol–water partition coefficient (Wildman–Crippen LogP) is 9.33. The Kier molecular flexibility index (Phi) is 4.50. The smallest absolute Gasteiger partial charge is 0.123 e. The van der Waals surface area contributed by atoms with Gasteiger partial charge >= 0.3 is 0 Å². The maximum absolute atomic E-state index is 14.0. The Balaban J connectivity index is 1.60. The van der Waals surface area contributed by atoms with Crippen molar-refractivity contribution in [2.75, 3.05) is 0 Å². The molecule has 0 nitrogen and oxygen atoms in total. The first-order chi connectivity index (χ1) is 16.3. The number of hydrogen-bond donors (Lipinski definition) is 0. The van der Waals surface area contributed by atoms with Gasteiger partial charge in [-0.05, 0) is 136 Å². The van der Waals surface area contributed by atoms with Gasteiger partial charge in [0.15, 0.2) is 0 Å². The van der Waals surface area contributed by atoms with Crippen molar-refractivity contribution in [2.24, 2.45) is 0 Å². The molecule has 5 aromatic carbocycles. The summed E-state index contributed by atoms with van der Waals surface area (Å²) in [5.74, 6) is -0.396. The van der Waals surface area contributed by atoms with Gasteiger partial charge in [0.2, 0.25) is 0 Å². The van der Waals surface area contributed by atoms with Gasteiger partial charge < -0.3 is 0 Å². The highest BCUT2D eigenvalue weighted by molar-refractivity contribution is 6.19. The topological polar surface area (TPSA) is 0 Å². The quantitative estimate of drug-likeness (QED) is 0.248. The van der Waals surface area contributed by atoms with Crippen LogP contribution in [0.15, 0.2) is 72.8 Å². The Morgan fingerprint density at radius 2 is 1.00 bits per heavy atom. The van der Waals surface area contributed by atoms with E-state index in [0.717, 1.165) is 44.5 Å². The normalized spacial score (nSPS) is 11.8. The number of rotatable bonds is 2. The van der Waals surface area contributed by atoms with E-state index in [9.17, 15) is 8.78 Å². The van der Waals surface area contributed by atoms with Crippen LogP contribution in [0.1, 0.15) is 22.3 Å². The minimum atomic E-state index is -0.198. The van der Waals surface area contributed by atoms with Gasteiger partial charge in [-0.25, -0.2) is 8.78 Å². The van der Waals surface area contributed by atoms with Crippen LogP contribution in [0.5, 0.6) is 0 Å². The molecule has 0 radical (unpaired) electrons. The summed E-state index contributed by atoms with van der Waals surface area (Å²) >= 11 is 0. The third-order valence-corrected chi connectivity index (χ3v) is 7.19. The number of aryl methyl sites for hydroxylation is 4. The number of hydrogen-bond acceptors (Lipinski definition) is 0. The monoisotopic (exact) mass is 446 g/mol. The molecular formula is C32H24F2. The van der Waals surface area contributed by atoms with Crippen molar-refractivity contribution in [1.82, 2.24) is 0 Å². The van der Waals surface area contributed by atoms with Crippen molar-refractivity contribution in [2.45, 2.75) is 27.7 Å². The van der Waals surface area contributed by atoms with Crippen molar-refractivity contribution in [1.29, 1.82) is 0 Å². The molecule has 0 aliphatic heterocycles. The summed E-state index contributed by atoms with van der Waals surface area (Å²) in [5.41, 5.74) is 13.0. The average molecular weight is 447 g/mol. The van der Waals surface area contributed by atoms with Gasteiger partial charge in [-0.15, -0.1) is 0 Å². The molecule has 0 atom stereocenters. The lowest BCUT2D eigenvalue weighted by atomic mass is 9.90. The molecule has 0 amide bonds. The molecule has 166 valence electrons. The first-order valence-corrected chi connectivity index (χ1v) is 11.6. The van der Waals surface area contributed by atoms with Crippen LogP contribution in [0.25, 0.3) is 55.3 Å². The molecule has 0 saturated heterocycles. The van der Waals surface area contributed by atoms with E-state index in [4.69, 9.17) is 0 Å². The van der Waals surface area contributed by atoms with E-state index >= 15 is 0 Å². The Labute approximate surface area is 198 Å². The molecule has 0 fully saturated rings. The zero-order valence-corrected chi connectivity index (χ0v) is 19.7. The van der Waals surface area contributed by atoms with Gasteiger partial charge in [0.05, 0.1) is 0 Å². The maximum atomic E-state index is 14.0. The van der Waals surface area contributed by atoms with Crippen LogP contribution < -0.4 is 0 Å². The second-order valence-electron chi connectivity index (χ2n) is 9.48. The first-order valence-electron chi connectivity index (χ1n) is 11.6. The summed E-state index contributed by atoms with van der Waals surface area (Å²) < 4.78 is 27.9. The lowest BCUT2D eigenvalue weighted by Gasteiger charge is -2.14. The molecule has 1 aliphatic carbocycles. The highest BCUT2D eigenvalue weighted by atomic mass is 19.1. The molecular weight excluding hydrogens is 422 g/mol. The molecule has 0 N–H and O–H groups in total. The minimum Gasteiger partial charge on any atom is -0.207 e. The molecule has 0 aromatic heterocycles. The summed E-state index contributed by atoms with van der Waals surface area (Å²) in [4.78, 5) is 0. The maximum Gasteiger partial charge on any atom is 0.123 e. The number of fused-ring (bicyclic) bond motifs is 3. The molecule has 34 heavy (non-hydrogen) atoms. The predicted molar refractivity (Wildman–Crippen MR) is 138 cm³/mol. The second-order valence-corrected chi connectivity index (χ2v) is 9.48. The molecule has 0 heterocycles. The SMILES string of the molecule is Cc1cc(F)cc(C)c1-c1ccc2c(c1)-c1cccc3c(-c4c(C)cc(F)cc4C)ccc-2c13. The highest BCUT2D eigenvalue weighted by Gasteiger charge is 2.24. The Bertz CT molecular complexity index is 1610. The van der Waals surface area contributed by atoms with E-state index in [-0.39, 0.29) is 11.6 Å². The Morgan fingerprint density at radius 1 is 0.471 bits per heavy atom. The van der Waals surface area contributed by atoms with Gasteiger partial charge in [0.25, 0.3) is 0 Å². The zero-order valence-electron chi connectivity index (χ0n) is 19.7. The van der Waals surface area contributed by atoms with Gasteiger partial charge in [0, 0.05) is 0 Å².